The number of aromatic nitrogens is 2. The minimum atomic E-state index is 1.07. The van der Waals surface area contributed by atoms with Crippen LogP contribution in [0, 0.1) is 6.92 Å². The van der Waals surface area contributed by atoms with Crippen molar-refractivity contribution < 1.29 is 0 Å². The molecular weight excluding hydrogens is 212 g/mol. The highest BCUT2D eigenvalue weighted by atomic mass is 15.3. The summed E-state index contributed by atoms with van der Waals surface area (Å²) in [5.41, 5.74) is 3.90. The normalized spacial score (nSPS) is 16.7. The molecule has 2 aromatic rings. The fraction of sp³-hybridized carbons (Fsp3) is 0.462. The predicted octanol–water partition coefficient (Wildman–Crippen LogP) is 1.29. The maximum atomic E-state index is 4.31. The van der Waals surface area contributed by atoms with E-state index in [-0.39, 0.29) is 0 Å². The van der Waals surface area contributed by atoms with E-state index in [0.29, 0.717) is 0 Å². The highest BCUT2D eigenvalue weighted by Gasteiger charge is 2.14. The number of fused-ring (bicyclic) bond motifs is 1. The van der Waals surface area contributed by atoms with E-state index in [1.807, 2.05) is 17.9 Å². The van der Waals surface area contributed by atoms with Gasteiger partial charge in [-0.15, -0.1) is 0 Å². The zero-order valence-electron chi connectivity index (χ0n) is 10.4. The molecule has 0 amide bonds. The molecule has 1 aliphatic rings. The number of rotatable bonds is 1. The van der Waals surface area contributed by atoms with E-state index in [1.165, 1.54) is 22.2 Å². The van der Waals surface area contributed by atoms with Crippen LogP contribution in [0.3, 0.4) is 0 Å². The van der Waals surface area contributed by atoms with Gasteiger partial charge in [-0.25, -0.2) is 0 Å². The zero-order chi connectivity index (χ0) is 11.8. The molecule has 0 radical (unpaired) electrons. The van der Waals surface area contributed by atoms with Crippen molar-refractivity contribution in [2.75, 3.05) is 31.1 Å². The summed E-state index contributed by atoms with van der Waals surface area (Å²) in [5, 5.41) is 8.92. The second-order valence-electron chi connectivity index (χ2n) is 4.70. The molecule has 1 aromatic heterocycles. The van der Waals surface area contributed by atoms with Crippen LogP contribution < -0.4 is 10.2 Å². The lowest BCUT2D eigenvalue weighted by Crippen LogP contribution is -2.43. The monoisotopic (exact) mass is 230 g/mol. The average molecular weight is 230 g/mol. The molecule has 1 aliphatic heterocycles. The van der Waals surface area contributed by atoms with Gasteiger partial charge in [0.05, 0.1) is 11.7 Å². The molecule has 2 heterocycles. The first-order valence-electron chi connectivity index (χ1n) is 6.14. The molecule has 17 heavy (non-hydrogen) atoms. The summed E-state index contributed by atoms with van der Waals surface area (Å²) >= 11 is 0. The number of aryl methyl sites for hydroxylation is 2. The van der Waals surface area contributed by atoms with Gasteiger partial charge in [0.2, 0.25) is 0 Å². The first-order chi connectivity index (χ1) is 8.25. The Morgan fingerprint density at radius 2 is 2.00 bits per heavy atom. The summed E-state index contributed by atoms with van der Waals surface area (Å²) in [6.45, 7) is 6.50. The second-order valence-corrected chi connectivity index (χ2v) is 4.70. The van der Waals surface area contributed by atoms with Gasteiger partial charge in [0.15, 0.2) is 0 Å². The van der Waals surface area contributed by atoms with E-state index in [9.17, 15) is 0 Å². The van der Waals surface area contributed by atoms with Gasteiger partial charge in [-0.3, -0.25) is 4.68 Å². The summed E-state index contributed by atoms with van der Waals surface area (Å²) in [6.07, 6.45) is 1.93. The van der Waals surface area contributed by atoms with Gasteiger partial charge in [-0.05, 0) is 24.6 Å². The molecule has 3 rings (SSSR count). The lowest BCUT2D eigenvalue weighted by molar-refractivity contribution is 0.588. The molecule has 4 nitrogen and oxygen atoms in total. The Morgan fingerprint density at radius 1 is 1.24 bits per heavy atom. The summed E-state index contributed by atoms with van der Waals surface area (Å²) < 4.78 is 1.94. The third kappa shape index (κ3) is 1.78. The number of benzene rings is 1. The van der Waals surface area contributed by atoms with Crippen molar-refractivity contribution in [2.45, 2.75) is 6.92 Å². The molecule has 0 saturated carbocycles. The molecule has 0 aliphatic carbocycles. The molecule has 90 valence electrons. The fourth-order valence-corrected chi connectivity index (χ4v) is 2.55. The van der Waals surface area contributed by atoms with Gasteiger partial charge in [0.1, 0.15) is 0 Å². The minimum Gasteiger partial charge on any atom is -0.369 e. The molecule has 1 saturated heterocycles. The number of hydrogen-bond acceptors (Lipinski definition) is 3. The van der Waals surface area contributed by atoms with Gasteiger partial charge in [0.25, 0.3) is 0 Å². The number of hydrogen-bond donors (Lipinski definition) is 1. The van der Waals surface area contributed by atoms with Crippen molar-refractivity contribution >= 4 is 16.6 Å². The Kier molecular flexibility index (Phi) is 2.52. The van der Waals surface area contributed by atoms with E-state index in [2.05, 4.69) is 34.4 Å². The molecule has 0 bridgehead atoms. The molecule has 4 heteroatoms. The van der Waals surface area contributed by atoms with E-state index in [0.717, 1.165) is 26.2 Å². The molecule has 1 fully saturated rings. The van der Waals surface area contributed by atoms with Crippen LogP contribution in [0.2, 0.25) is 0 Å². The zero-order valence-corrected chi connectivity index (χ0v) is 10.4. The first kappa shape index (κ1) is 10.6. The Balaban J connectivity index is 2.07. The van der Waals surface area contributed by atoms with Crippen LogP contribution >= 0.6 is 0 Å². The Morgan fingerprint density at radius 3 is 2.76 bits per heavy atom. The summed E-state index contributed by atoms with van der Waals surface area (Å²) in [5.74, 6) is 0. The lowest BCUT2D eigenvalue weighted by atomic mass is 10.1. The number of nitrogens with zero attached hydrogens (tertiary/aromatic N) is 3. The maximum Gasteiger partial charge on any atom is 0.0699 e. The number of nitrogens with one attached hydrogen (secondary N) is 1. The SMILES string of the molecule is Cc1cc2cnn(C)c2cc1N1CCNCC1. The van der Waals surface area contributed by atoms with Crippen LogP contribution in [0.1, 0.15) is 5.56 Å². The summed E-state index contributed by atoms with van der Waals surface area (Å²) in [4.78, 5) is 2.46. The smallest absolute Gasteiger partial charge is 0.0699 e. The van der Waals surface area contributed by atoms with Crippen molar-refractivity contribution in [2.24, 2.45) is 7.05 Å². The lowest BCUT2D eigenvalue weighted by Gasteiger charge is -2.30. The fourth-order valence-electron chi connectivity index (χ4n) is 2.55. The van der Waals surface area contributed by atoms with Gasteiger partial charge < -0.3 is 10.2 Å². The van der Waals surface area contributed by atoms with E-state index < -0.39 is 0 Å². The third-order valence-corrected chi connectivity index (χ3v) is 3.52. The second kappa shape index (κ2) is 4.04. The minimum absolute atomic E-state index is 1.07. The van der Waals surface area contributed by atoms with E-state index in [1.54, 1.807) is 0 Å². The third-order valence-electron chi connectivity index (χ3n) is 3.52. The highest BCUT2D eigenvalue weighted by Crippen LogP contribution is 2.26. The van der Waals surface area contributed by atoms with Crippen molar-refractivity contribution in [3.63, 3.8) is 0 Å². The topological polar surface area (TPSA) is 33.1 Å². The molecule has 1 N–H and O–H groups in total. The predicted molar refractivity (Wildman–Crippen MR) is 70.5 cm³/mol. The van der Waals surface area contributed by atoms with Gasteiger partial charge in [0, 0.05) is 44.3 Å². The standard InChI is InChI=1S/C13H18N4/c1-10-7-11-9-15-16(2)13(11)8-12(10)17-5-3-14-4-6-17/h7-9,14H,3-6H2,1-2H3. The van der Waals surface area contributed by atoms with Crippen LogP contribution in [0.25, 0.3) is 10.9 Å². The number of anilines is 1. The molecule has 1 aromatic carbocycles. The van der Waals surface area contributed by atoms with Gasteiger partial charge in [-0.1, -0.05) is 0 Å². The number of piperazine rings is 1. The Hall–Kier alpha value is -1.55. The molecule has 0 atom stereocenters. The van der Waals surface area contributed by atoms with Crippen molar-refractivity contribution in [3.8, 4) is 0 Å². The summed E-state index contributed by atoms with van der Waals surface area (Å²) in [6, 6.07) is 4.50. The quantitative estimate of drug-likeness (QED) is 0.801. The summed E-state index contributed by atoms with van der Waals surface area (Å²) in [7, 11) is 2.00. The molecule has 0 spiro atoms. The molecular formula is C13H18N4. The largest absolute Gasteiger partial charge is 0.369 e. The van der Waals surface area contributed by atoms with Crippen LogP contribution in [-0.4, -0.2) is 36.0 Å². The highest BCUT2D eigenvalue weighted by molar-refractivity contribution is 5.84. The van der Waals surface area contributed by atoms with Crippen molar-refractivity contribution in [1.82, 2.24) is 15.1 Å². The van der Waals surface area contributed by atoms with E-state index in [4.69, 9.17) is 0 Å². The molecule has 0 unspecified atom stereocenters. The van der Waals surface area contributed by atoms with E-state index >= 15 is 0 Å². The Bertz CT molecular complexity index is 538. The van der Waals surface area contributed by atoms with Gasteiger partial charge in [-0.2, -0.15) is 5.10 Å². The maximum absolute atomic E-state index is 4.31. The average Bonchev–Trinajstić information content (AvgIpc) is 2.70. The van der Waals surface area contributed by atoms with Gasteiger partial charge >= 0.3 is 0 Å². The van der Waals surface area contributed by atoms with Crippen LogP contribution in [-0.2, 0) is 7.05 Å². The van der Waals surface area contributed by atoms with Crippen LogP contribution in [0.4, 0.5) is 5.69 Å². The Labute approximate surface area is 101 Å². The van der Waals surface area contributed by atoms with Crippen LogP contribution in [0.5, 0.6) is 0 Å². The first-order valence-corrected chi connectivity index (χ1v) is 6.14. The van der Waals surface area contributed by atoms with Crippen LogP contribution in [0.15, 0.2) is 18.3 Å². The van der Waals surface area contributed by atoms with Crippen molar-refractivity contribution in [1.29, 1.82) is 0 Å². The van der Waals surface area contributed by atoms with Crippen molar-refractivity contribution in [3.05, 3.63) is 23.9 Å².